The fraction of sp³-hybridized carbons (Fsp3) is 0.727. The third-order valence-corrected chi connectivity index (χ3v) is 9.26. The van der Waals surface area contributed by atoms with E-state index in [-0.39, 0.29) is 19.4 Å². The Balaban J connectivity index is 3.94. The lowest BCUT2D eigenvalue weighted by molar-refractivity contribution is -0.161. The van der Waals surface area contributed by atoms with Crippen LogP contribution in [0.5, 0.6) is 0 Å². The zero-order valence-electron chi connectivity index (χ0n) is 33.6. The second-order valence-corrected chi connectivity index (χ2v) is 15.2. The van der Waals surface area contributed by atoms with Crippen LogP contribution in [0.15, 0.2) is 60.8 Å². The number of carbonyl (C=O) groups excluding carboxylic acids is 2. The molecule has 0 aliphatic rings. The molecule has 8 nitrogen and oxygen atoms in total. The summed E-state index contributed by atoms with van der Waals surface area (Å²) in [5.41, 5.74) is 0. The Kier molecular flexibility index (Phi) is 37.8. The molecule has 0 saturated heterocycles. The molecule has 306 valence electrons. The van der Waals surface area contributed by atoms with Crippen LogP contribution in [0.2, 0.25) is 0 Å². The monoisotopic (exact) mass is 765 g/mol. The second-order valence-electron chi connectivity index (χ2n) is 13.9. The molecule has 0 aromatic heterocycles. The van der Waals surface area contributed by atoms with Gasteiger partial charge in [0.2, 0.25) is 0 Å². The van der Waals surface area contributed by atoms with Crippen molar-refractivity contribution in [3.8, 4) is 0 Å². The Morgan fingerprint density at radius 1 is 0.509 bits per heavy atom. The van der Waals surface area contributed by atoms with Gasteiger partial charge in [-0.05, 0) is 77.0 Å². The van der Waals surface area contributed by atoms with Crippen LogP contribution in [-0.2, 0) is 28.2 Å². The van der Waals surface area contributed by atoms with Crippen LogP contribution in [0.4, 0.5) is 0 Å². The SMILES string of the molecule is CC/C=C\C/C=C\C/C=C\C/C=C\CCCCCCCCCCC(=O)OC(COC(=O)CCCCCCC/C=C\CCCCCCC)COP(=O)(O)O. The van der Waals surface area contributed by atoms with Gasteiger partial charge in [0, 0.05) is 12.8 Å². The molecule has 0 spiro atoms. The van der Waals surface area contributed by atoms with Gasteiger partial charge >= 0.3 is 19.8 Å². The third kappa shape index (κ3) is 42.4. The number of phosphoric ester groups is 1. The number of rotatable bonds is 38. The zero-order chi connectivity index (χ0) is 38.9. The molecule has 0 aliphatic heterocycles. The number of hydrogen-bond acceptors (Lipinski definition) is 6. The molecule has 1 unspecified atom stereocenters. The molecule has 0 amide bonds. The van der Waals surface area contributed by atoms with Crippen molar-refractivity contribution in [2.24, 2.45) is 0 Å². The summed E-state index contributed by atoms with van der Waals surface area (Å²) in [6.45, 7) is 3.55. The van der Waals surface area contributed by atoms with E-state index in [1.807, 2.05) is 0 Å². The van der Waals surface area contributed by atoms with Gasteiger partial charge in [0.25, 0.3) is 0 Å². The molecular weight excluding hydrogens is 687 g/mol. The lowest BCUT2D eigenvalue weighted by atomic mass is 10.1. The maximum absolute atomic E-state index is 12.4. The van der Waals surface area contributed by atoms with Crippen LogP contribution in [0.3, 0.4) is 0 Å². The molecule has 1 atom stereocenters. The Morgan fingerprint density at radius 3 is 1.38 bits per heavy atom. The summed E-state index contributed by atoms with van der Waals surface area (Å²) in [5.74, 6) is -0.906. The Labute approximate surface area is 324 Å². The molecule has 0 rings (SSSR count). The Hall–Kier alpha value is -2.25. The van der Waals surface area contributed by atoms with Crippen LogP contribution in [0, 0.1) is 0 Å². The van der Waals surface area contributed by atoms with Crippen molar-refractivity contribution in [3.63, 3.8) is 0 Å². The van der Waals surface area contributed by atoms with Gasteiger partial charge in [-0.3, -0.25) is 14.1 Å². The highest BCUT2D eigenvalue weighted by molar-refractivity contribution is 7.46. The van der Waals surface area contributed by atoms with Gasteiger partial charge in [0.15, 0.2) is 6.10 Å². The van der Waals surface area contributed by atoms with Crippen molar-refractivity contribution >= 4 is 19.8 Å². The summed E-state index contributed by atoms with van der Waals surface area (Å²) in [6, 6.07) is 0. The highest BCUT2D eigenvalue weighted by atomic mass is 31.2. The maximum Gasteiger partial charge on any atom is 0.469 e. The van der Waals surface area contributed by atoms with Gasteiger partial charge in [-0.2, -0.15) is 0 Å². The average Bonchev–Trinajstić information content (AvgIpc) is 3.13. The van der Waals surface area contributed by atoms with Crippen LogP contribution < -0.4 is 0 Å². The maximum atomic E-state index is 12.4. The molecule has 0 aromatic rings. The minimum absolute atomic E-state index is 0.198. The van der Waals surface area contributed by atoms with E-state index in [4.69, 9.17) is 19.3 Å². The number of esters is 2. The number of phosphoric acid groups is 1. The summed E-state index contributed by atoms with van der Waals surface area (Å²) in [7, 11) is -4.76. The lowest BCUT2D eigenvalue weighted by Gasteiger charge is -2.18. The first-order chi connectivity index (χ1) is 25.8. The number of allylic oxidation sites excluding steroid dienone is 10. The summed E-state index contributed by atoms with van der Waals surface area (Å²) in [6.07, 6.45) is 49.4. The molecule has 0 radical (unpaired) electrons. The topological polar surface area (TPSA) is 119 Å². The highest BCUT2D eigenvalue weighted by Crippen LogP contribution is 2.36. The minimum Gasteiger partial charge on any atom is -0.462 e. The standard InChI is InChI=1S/C44H77O8P/c1-3-5-7-9-11-13-15-17-19-20-21-22-23-24-25-27-29-31-33-35-37-39-44(46)52-42(41-51-53(47,48)49)40-50-43(45)38-36-34-32-30-28-26-18-16-14-12-10-8-6-4-2/h5,7,11,13,16-19,21-22,42H,3-4,6,8-10,12,14-15,20,23-41H2,1-2H3,(H2,47,48,49)/b7-5-,13-11-,18-16-,19-17-,22-21-. The van der Waals surface area contributed by atoms with Crippen molar-refractivity contribution in [2.45, 2.75) is 193 Å². The first kappa shape index (κ1) is 50.8. The molecule has 0 heterocycles. The van der Waals surface area contributed by atoms with Gasteiger partial charge in [-0.25, -0.2) is 4.57 Å². The zero-order valence-corrected chi connectivity index (χ0v) is 34.5. The van der Waals surface area contributed by atoms with Crippen LogP contribution >= 0.6 is 7.82 Å². The normalized spacial score (nSPS) is 13.1. The second kappa shape index (κ2) is 39.4. The molecule has 0 aromatic carbocycles. The molecule has 53 heavy (non-hydrogen) atoms. The molecule has 0 bridgehead atoms. The third-order valence-electron chi connectivity index (χ3n) is 8.77. The minimum atomic E-state index is -4.76. The smallest absolute Gasteiger partial charge is 0.462 e. The summed E-state index contributed by atoms with van der Waals surface area (Å²) in [4.78, 5) is 42.8. The first-order valence-corrected chi connectivity index (χ1v) is 22.6. The van der Waals surface area contributed by atoms with Crippen molar-refractivity contribution < 1.29 is 37.9 Å². The molecule has 2 N–H and O–H groups in total. The average molecular weight is 765 g/mol. The van der Waals surface area contributed by atoms with Gasteiger partial charge in [0.05, 0.1) is 6.61 Å². The van der Waals surface area contributed by atoms with E-state index in [2.05, 4.69) is 79.1 Å². The highest BCUT2D eigenvalue weighted by Gasteiger charge is 2.22. The van der Waals surface area contributed by atoms with Gasteiger partial charge < -0.3 is 19.3 Å². The molecular formula is C44H77O8P. The van der Waals surface area contributed by atoms with Crippen molar-refractivity contribution in [2.75, 3.05) is 13.2 Å². The van der Waals surface area contributed by atoms with Crippen LogP contribution in [0.25, 0.3) is 0 Å². The molecule has 0 saturated carbocycles. The fourth-order valence-electron chi connectivity index (χ4n) is 5.65. The van der Waals surface area contributed by atoms with E-state index < -0.39 is 32.5 Å². The van der Waals surface area contributed by atoms with Crippen LogP contribution in [0.1, 0.15) is 187 Å². The molecule has 9 heteroatoms. The van der Waals surface area contributed by atoms with E-state index >= 15 is 0 Å². The van der Waals surface area contributed by atoms with Crippen molar-refractivity contribution in [3.05, 3.63) is 60.8 Å². The molecule has 0 aliphatic carbocycles. The van der Waals surface area contributed by atoms with E-state index in [1.54, 1.807) is 0 Å². The number of carbonyl (C=O) groups is 2. The summed E-state index contributed by atoms with van der Waals surface area (Å²) < 4.78 is 26.4. The number of unbranched alkanes of at least 4 members (excludes halogenated alkanes) is 18. The summed E-state index contributed by atoms with van der Waals surface area (Å²) >= 11 is 0. The molecule has 0 fully saturated rings. The predicted molar refractivity (Wildman–Crippen MR) is 221 cm³/mol. The lowest BCUT2D eigenvalue weighted by Crippen LogP contribution is -2.29. The van der Waals surface area contributed by atoms with Gasteiger partial charge in [0.1, 0.15) is 6.61 Å². The van der Waals surface area contributed by atoms with E-state index in [9.17, 15) is 14.2 Å². The van der Waals surface area contributed by atoms with Crippen molar-refractivity contribution in [1.82, 2.24) is 0 Å². The predicted octanol–water partition coefficient (Wildman–Crippen LogP) is 12.9. The largest absolute Gasteiger partial charge is 0.469 e. The van der Waals surface area contributed by atoms with E-state index in [0.717, 1.165) is 83.5 Å². The van der Waals surface area contributed by atoms with Crippen molar-refractivity contribution in [1.29, 1.82) is 0 Å². The Bertz CT molecular complexity index is 1040. The number of hydrogen-bond donors (Lipinski definition) is 2. The van der Waals surface area contributed by atoms with Crippen LogP contribution in [-0.4, -0.2) is 41.0 Å². The van der Waals surface area contributed by atoms with Gasteiger partial charge in [-0.15, -0.1) is 0 Å². The van der Waals surface area contributed by atoms with Gasteiger partial charge in [-0.1, -0.05) is 158 Å². The first-order valence-electron chi connectivity index (χ1n) is 21.1. The quantitative estimate of drug-likeness (QED) is 0.0276. The summed E-state index contributed by atoms with van der Waals surface area (Å²) in [5, 5.41) is 0. The Morgan fingerprint density at radius 2 is 0.906 bits per heavy atom. The fourth-order valence-corrected chi connectivity index (χ4v) is 6.01. The van der Waals surface area contributed by atoms with E-state index in [0.29, 0.717) is 12.8 Å². The van der Waals surface area contributed by atoms with E-state index in [1.165, 1.54) is 64.2 Å². The number of ether oxygens (including phenoxy) is 2.